The minimum absolute atomic E-state index is 0.139. The van der Waals surface area contributed by atoms with Gasteiger partial charge in [-0.3, -0.25) is 0 Å². The second-order valence-electron chi connectivity index (χ2n) is 11.4. The molecule has 1 saturated heterocycles. The molecule has 2 aliphatic rings. The van der Waals surface area contributed by atoms with Crippen LogP contribution >= 0.6 is 0 Å². The van der Waals surface area contributed by atoms with Crippen molar-refractivity contribution in [1.29, 1.82) is 0 Å². The molecule has 0 saturated carbocycles. The highest BCUT2D eigenvalue weighted by Gasteiger charge is 2.48. The Morgan fingerprint density at radius 3 is 2.00 bits per heavy atom. The van der Waals surface area contributed by atoms with Crippen molar-refractivity contribution in [2.75, 3.05) is 39.6 Å². The predicted octanol–water partition coefficient (Wildman–Crippen LogP) is 6.60. The highest BCUT2D eigenvalue weighted by molar-refractivity contribution is 5.46. The Balaban J connectivity index is 1.66. The molecule has 0 amide bonds. The minimum atomic E-state index is -0.503. The monoisotopic (exact) mass is 584 g/mol. The molecule has 0 aliphatic carbocycles. The van der Waals surface area contributed by atoms with Crippen molar-refractivity contribution in [3.05, 3.63) is 58.7 Å². The molecule has 4 rings (SSSR count). The number of aliphatic hydroxyl groups is 1. The van der Waals surface area contributed by atoms with E-state index >= 15 is 0 Å². The zero-order valence-corrected chi connectivity index (χ0v) is 26.1. The molecule has 1 N–H and O–H groups in total. The molecule has 7 heteroatoms. The highest BCUT2D eigenvalue weighted by Crippen LogP contribution is 2.39. The third kappa shape index (κ3) is 8.48. The molecule has 1 fully saturated rings. The van der Waals surface area contributed by atoms with E-state index in [2.05, 4.69) is 58.0 Å². The van der Waals surface area contributed by atoms with E-state index in [0.29, 0.717) is 33.0 Å². The molecule has 5 atom stereocenters. The van der Waals surface area contributed by atoms with Gasteiger partial charge >= 0.3 is 0 Å². The number of rotatable bonds is 17. The summed E-state index contributed by atoms with van der Waals surface area (Å²) in [6, 6.07) is 12.8. The number of aryl methyl sites for hydroxylation is 1. The van der Waals surface area contributed by atoms with Crippen LogP contribution in [0.25, 0.3) is 0 Å². The van der Waals surface area contributed by atoms with Gasteiger partial charge in [-0.25, -0.2) is 0 Å². The first-order valence-corrected chi connectivity index (χ1v) is 16.2. The molecule has 0 unspecified atom stereocenters. The largest absolute Gasteiger partial charge is 0.486 e. The van der Waals surface area contributed by atoms with E-state index in [0.717, 1.165) is 68.4 Å². The van der Waals surface area contributed by atoms with Gasteiger partial charge in [0.15, 0.2) is 11.5 Å². The average molecular weight is 585 g/mol. The lowest BCUT2D eigenvalue weighted by atomic mass is 9.88. The Labute approximate surface area is 252 Å². The van der Waals surface area contributed by atoms with Gasteiger partial charge in [0.25, 0.3) is 0 Å². The van der Waals surface area contributed by atoms with E-state index in [1.54, 1.807) is 0 Å². The van der Waals surface area contributed by atoms with Gasteiger partial charge in [-0.15, -0.1) is 0 Å². The van der Waals surface area contributed by atoms with Gasteiger partial charge in [0.1, 0.15) is 43.7 Å². The van der Waals surface area contributed by atoms with Crippen LogP contribution in [0.2, 0.25) is 0 Å². The Kier molecular flexibility index (Phi) is 13.4. The predicted molar refractivity (Wildman–Crippen MR) is 165 cm³/mol. The zero-order chi connectivity index (χ0) is 29.7. The molecular formula is C35H52O7. The summed E-state index contributed by atoms with van der Waals surface area (Å²) in [4.78, 5) is 0. The summed E-state index contributed by atoms with van der Waals surface area (Å²) in [6.45, 7) is 11.5. The van der Waals surface area contributed by atoms with Crippen molar-refractivity contribution in [1.82, 2.24) is 0 Å². The highest BCUT2D eigenvalue weighted by atomic mass is 16.6. The van der Waals surface area contributed by atoms with Crippen molar-refractivity contribution < 1.29 is 33.5 Å². The smallest absolute Gasteiger partial charge is 0.161 e. The fourth-order valence-corrected chi connectivity index (χ4v) is 5.74. The van der Waals surface area contributed by atoms with Crippen molar-refractivity contribution in [2.45, 2.75) is 110 Å². The quantitative estimate of drug-likeness (QED) is 0.210. The fraction of sp³-hybridized carbons (Fsp3) is 0.657. The summed E-state index contributed by atoms with van der Waals surface area (Å²) in [7, 11) is 0. The van der Waals surface area contributed by atoms with Crippen molar-refractivity contribution in [2.24, 2.45) is 0 Å². The van der Waals surface area contributed by atoms with E-state index < -0.39 is 12.2 Å². The molecule has 234 valence electrons. The van der Waals surface area contributed by atoms with Crippen LogP contribution < -0.4 is 9.47 Å². The van der Waals surface area contributed by atoms with Gasteiger partial charge in [-0.05, 0) is 66.5 Å². The summed E-state index contributed by atoms with van der Waals surface area (Å²) < 4.78 is 37.8. The van der Waals surface area contributed by atoms with Crippen LogP contribution in [0.3, 0.4) is 0 Å². The van der Waals surface area contributed by atoms with Crippen LogP contribution in [0.5, 0.6) is 11.5 Å². The van der Waals surface area contributed by atoms with Gasteiger partial charge < -0.3 is 33.5 Å². The molecule has 2 aliphatic heterocycles. The fourth-order valence-electron chi connectivity index (χ4n) is 5.74. The van der Waals surface area contributed by atoms with Gasteiger partial charge in [-0.1, -0.05) is 71.2 Å². The van der Waals surface area contributed by atoms with Crippen LogP contribution in [0.15, 0.2) is 36.4 Å². The standard InChI is InChI=1S/C35H52O7/c1-5-9-16-39-33-31(24-36)42-32(34(40-17-10-6-2)35(33)41-18-11-7-3)27-14-13-26(8-4)28(23-27)21-25-12-15-29-30(22-25)38-20-19-37-29/h12-15,22-23,31-36H,5-11,16-21,24H2,1-4H3/t31-,32+,33-,34+,35+/m1/s1. The number of aliphatic hydroxyl groups excluding tert-OH is 1. The lowest BCUT2D eigenvalue weighted by molar-refractivity contribution is -0.266. The van der Waals surface area contributed by atoms with Gasteiger partial charge in [-0.2, -0.15) is 0 Å². The van der Waals surface area contributed by atoms with Gasteiger partial charge in [0.05, 0.1) is 6.61 Å². The first kappa shape index (κ1) is 32.7. The molecule has 0 bridgehead atoms. The van der Waals surface area contributed by atoms with E-state index in [9.17, 15) is 5.11 Å². The topological polar surface area (TPSA) is 75.6 Å². The summed E-state index contributed by atoms with van der Waals surface area (Å²) in [5, 5.41) is 10.5. The van der Waals surface area contributed by atoms with Crippen LogP contribution in [-0.2, 0) is 31.8 Å². The molecule has 0 spiro atoms. The summed E-state index contributed by atoms with van der Waals surface area (Å²) in [6.07, 6.45) is 5.70. The van der Waals surface area contributed by atoms with Gasteiger partial charge in [0, 0.05) is 19.8 Å². The number of hydrogen-bond donors (Lipinski definition) is 1. The number of ether oxygens (including phenoxy) is 6. The maximum atomic E-state index is 10.5. The lowest BCUT2D eigenvalue weighted by Crippen LogP contribution is -2.58. The number of fused-ring (bicyclic) bond motifs is 1. The Bertz CT molecular complexity index is 1070. The maximum absolute atomic E-state index is 10.5. The zero-order valence-electron chi connectivity index (χ0n) is 26.1. The minimum Gasteiger partial charge on any atom is -0.486 e. The molecular weight excluding hydrogens is 532 g/mol. The first-order valence-electron chi connectivity index (χ1n) is 16.2. The number of unbranched alkanes of at least 4 members (excludes halogenated alkanes) is 3. The molecule has 0 radical (unpaired) electrons. The van der Waals surface area contributed by atoms with Crippen molar-refractivity contribution in [3.63, 3.8) is 0 Å². The maximum Gasteiger partial charge on any atom is 0.161 e. The second-order valence-corrected chi connectivity index (χ2v) is 11.4. The molecule has 42 heavy (non-hydrogen) atoms. The molecule has 2 heterocycles. The van der Waals surface area contributed by atoms with E-state index in [-0.39, 0.29) is 24.9 Å². The number of benzene rings is 2. The Hall–Kier alpha value is -2.16. The average Bonchev–Trinajstić information content (AvgIpc) is 3.02. The van der Waals surface area contributed by atoms with Crippen LogP contribution in [-0.4, -0.2) is 69.2 Å². The van der Waals surface area contributed by atoms with Crippen LogP contribution in [0.1, 0.15) is 94.6 Å². The van der Waals surface area contributed by atoms with E-state index in [1.807, 2.05) is 6.07 Å². The van der Waals surface area contributed by atoms with E-state index in [4.69, 9.17) is 28.4 Å². The third-order valence-electron chi connectivity index (χ3n) is 8.18. The summed E-state index contributed by atoms with van der Waals surface area (Å²) in [5.74, 6) is 1.61. The molecule has 2 aromatic carbocycles. The van der Waals surface area contributed by atoms with E-state index in [1.165, 1.54) is 16.7 Å². The normalized spacial score (nSPS) is 23.7. The molecule has 2 aromatic rings. The Morgan fingerprint density at radius 2 is 1.36 bits per heavy atom. The SMILES string of the molecule is CCCCO[C@@H]1[C@@H](OCCCC)[C@H](c2ccc(CC)c(Cc3ccc4c(c3)OCCO4)c2)O[C@H](CO)[C@H]1OCCCC. The molecule has 0 aromatic heterocycles. The van der Waals surface area contributed by atoms with Gasteiger partial charge in [0.2, 0.25) is 0 Å². The summed E-state index contributed by atoms with van der Waals surface area (Å²) >= 11 is 0. The van der Waals surface area contributed by atoms with Crippen LogP contribution in [0, 0.1) is 0 Å². The van der Waals surface area contributed by atoms with Crippen molar-refractivity contribution in [3.8, 4) is 11.5 Å². The van der Waals surface area contributed by atoms with Crippen molar-refractivity contribution >= 4 is 0 Å². The Morgan fingerprint density at radius 1 is 0.714 bits per heavy atom. The summed E-state index contributed by atoms with van der Waals surface area (Å²) in [5.41, 5.74) is 4.75. The second kappa shape index (κ2) is 17.2. The van der Waals surface area contributed by atoms with Crippen LogP contribution in [0.4, 0.5) is 0 Å². The lowest BCUT2D eigenvalue weighted by Gasteiger charge is -2.46. The third-order valence-corrected chi connectivity index (χ3v) is 8.18. The number of hydrogen-bond acceptors (Lipinski definition) is 7. The first-order chi connectivity index (χ1) is 20.6. The molecule has 7 nitrogen and oxygen atoms in total.